The summed E-state index contributed by atoms with van der Waals surface area (Å²) in [7, 11) is 0. The molecule has 4 rings (SSSR count). The molecule has 2 heterocycles. The number of nitrogens with zero attached hydrogens (tertiary/aromatic N) is 2. The van der Waals surface area contributed by atoms with Gasteiger partial charge in [0, 0.05) is 10.7 Å². The molecule has 8 heteroatoms. The first-order valence-electron chi connectivity index (χ1n) is 8.34. The molecule has 0 aliphatic rings. The quantitative estimate of drug-likeness (QED) is 0.510. The Morgan fingerprint density at radius 2 is 2.00 bits per heavy atom. The van der Waals surface area contributed by atoms with E-state index in [1.54, 1.807) is 54.6 Å². The summed E-state index contributed by atoms with van der Waals surface area (Å²) in [5.74, 6) is 1.20. The zero-order valence-electron chi connectivity index (χ0n) is 14.5. The summed E-state index contributed by atoms with van der Waals surface area (Å²) in [6.07, 6.45) is 1.52. The van der Waals surface area contributed by atoms with Crippen molar-refractivity contribution in [2.45, 2.75) is 0 Å². The van der Waals surface area contributed by atoms with Crippen molar-refractivity contribution in [3.63, 3.8) is 0 Å². The molecule has 1 N–H and O–H groups in total. The number of anilines is 1. The minimum atomic E-state index is -0.318. The minimum absolute atomic E-state index is 0.188. The van der Waals surface area contributed by atoms with Crippen molar-refractivity contribution in [1.82, 2.24) is 10.1 Å². The average molecular weight is 396 g/mol. The van der Waals surface area contributed by atoms with Gasteiger partial charge in [-0.15, -0.1) is 0 Å². The van der Waals surface area contributed by atoms with Crippen LogP contribution in [0.4, 0.5) is 5.69 Å². The van der Waals surface area contributed by atoms with Crippen molar-refractivity contribution in [2.24, 2.45) is 0 Å². The topological polar surface area (TPSA) is 90.4 Å². The third kappa shape index (κ3) is 4.05. The third-order valence-corrected chi connectivity index (χ3v) is 3.99. The SMILES string of the molecule is O=C(COc1ccccc1-c1noc(-c2ccco2)n1)Nc1cccc(Cl)c1. The Hall–Kier alpha value is -3.58. The van der Waals surface area contributed by atoms with E-state index in [0.717, 1.165) is 0 Å². The van der Waals surface area contributed by atoms with Crippen molar-refractivity contribution in [3.8, 4) is 28.8 Å². The van der Waals surface area contributed by atoms with Crippen LogP contribution in [0.3, 0.4) is 0 Å². The molecule has 0 aliphatic carbocycles. The summed E-state index contributed by atoms with van der Waals surface area (Å²) < 4.78 is 16.2. The zero-order chi connectivity index (χ0) is 19.3. The van der Waals surface area contributed by atoms with Crippen LogP contribution in [0, 0.1) is 0 Å². The summed E-state index contributed by atoms with van der Waals surface area (Å²) in [5.41, 5.74) is 1.19. The molecular weight excluding hydrogens is 382 g/mol. The van der Waals surface area contributed by atoms with Crippen LogP contribution in [0.15, 0.2) is 75.9 Å². The zero-order valence-corrected chi connectivity index (χ0v) is 15.2. The number of ether oxygens (including phenoxy) is 1. The first-order chi connectivity index (χ1) is 13.7. The summed E-state index contributed by atoms with van der Waals surface area (Å²) in [6, 6.07) is 17.4. The highest BCUT2D eigenvalue weighted by molar-refractivity contribution is 6.30. The molecule has 0 spiro atoms. The standard InChI is InChI=1S/C20H14ClN3O4/c21-13-5-3-6-14(11-13)22-18(25)12-27-16-8-2-1-7-15(16)19-23-20(28-24-19)17-9-4-10-26-17/h1-11H,12H2,(H,22,25). The van der Waals surface area contributed by atoms with Crippen molar-refractivity contribution >= 4 is 23.2 Å². The minimum Gasteiger partial charge on any atom is -0.483 e. The summed E-state index contributed by atoms with van der Waals surface area (Å²) in [4.78, 5) is 16.5. The lowest BCUT2D eigenvalue weighted by atomic mass is 10.2. The summed E-state index contributed by atoms with van der Waals surface area (Å²) in [5, 5.41) is 7.23. The van der Waals surface area contributed by atoms with Gasteiger partial charge in [-0.2, -0.15) is 4.98 Å². The van der Waals surface area contributed by atoms with E-state index < -0.39 is 0 Å². The maximum Gasteiger partial charge on any atom is 0.293 e. The lowest BCUT2D eigenvalue weighted by molar-refractivity contribution is -0.118. The maximum atomic E-state index is 12.2. The molecule has 1 amide bonds. The molecule has 28 heavy (non-hydrogen) atoms. The number of aromatic nitrogens is 2. The van der Waals surface area contributed by atoms with E-state index in [4.69, 9.17) is 25.3 Å². The molecule has 7 nitrogen and oxygen atoms in total. The van der Waals surface area contributed by atoms with E-state index in [-0.39, 0.29) is 18.4 Å². The van der Waals surface area contributed by atoms with Gasteiger partial charge in [0.1, 0.15) is 5.75 Å². The van der Waals surface area contributed by atoms with E-state index in [0.29, 0.717) is 33.6 Å². The Bertz CT molecular complexity index is 1090. The molecule has 2 aromatic heterocycles. The third-order valence-electron chi connectivity index (χ3n) is 3.75. The number of halogens is 1. The van der Waals surface area contributed by atoms with Crippen molar-refractivity contribution in [2.75, 3.05) is 11.9 Å². The van der Waals surface area contributed by atoms with Crippen LogP contribution in [0.1, 0.15) is 0 Å². The van der Waals surface area contributed by atoms with Gasteiger partial charge in [0.25, 0.3) is 11.8 Å². The molecule has 0 aliphatic heterocycles. The van der Waals surface area contributed by atoms with Gasteiger partial charge < -0.3 is 19.0 Å². The lowest BCUT2D eigenvalue weighted by Gasteiger charge is -2.10. The smallest absolute Gasteiger partial charge is 0.293 e. The van der Waals surface area contributed by atoms with Gasteiger partial charge in [0.15, 0.2) is 12.4 Å². The van der Waals surface area contributed by atoms with Gasteiger partial charge >= 0.3 is 0 Å². The Morgan fingerprint density at radius 3 is 2.82 bits per heavy atom. The van der Waals surface area contributed by atoms with Crippen LogP contribution in [0.5, 0.6) is 5.75 Å². The average Bonchev–Trinajstić information content (AvgIpc) is 3.38. The van der Waals surface area contributed by atoms with E-state index in [9.17, 15) is 4.79 Å². The molecule has 140 valence electrons. The first-order valence-corrected chi connectivity index (χ1v) is 8.72. The van der Waals surface area contributed by atoms with Crippen LogP contribution < -0.4 is 10.1 Å². The van der Waals surface area contributed by atoms with Crippen LogP contribution in [0.25, 0.3) is 23.0 Å². The highest BCUT2D eigenvalue weighted by Crippen LogP contribution is 2.29. The number of hydrogen-bond donors (Lipinski definition) is 1. The van der Waals surface area contributed by atoms with E-state index >= 15 is 0 Å². The van der Waals surface area contributed by atoms with E-state index in [2.05, 4.69) is 15.5 Å². The van der Waals surface area contributed by atoms with Crippen LogP contribution in [-0.2, 0) is 4.79 Å². The predicted octanol–water partition coefficient (Wildman–Crippen LogP) is 4.67. The highest BCUT2D eigenvalue weighted by Gasteiger charge is 2.16. The number of hydrogen-bond acceptors (Lipinski definition) is 6. The molecular formula is C20H14ClN3O4. The second-order valence-electron chi connectivity index (χ2n) is 5.74. The molecule has 2 aromatic carbocycles. The molecule has 0 bridgehead atoms. The molecule has 0 atom stereocenters. The van der Waals surface area contributed by atoms with Crippen LogP contribution in [-0.4, -0.2) is 22.7 Å². The Labute approximate surface area is 164 Å². The predicted molar refractivity (Wildman–Crippen MR) is 103 cm³/mol. The van der Waals surface area contributed by atoms with Gasteiger partial charge in [-0.1, -0.05) is 35.0 Å². The molecule has 0 saturated carbocycles. The van der Waals surface area contributed by atoms with E-state index in [1.807, 2.05) is 6.07 Å². The number of para-hydroxylation sites is 1. The van der Waals surface area contributed by atoms with Crippen LogP contribution >= 0.6 is 11.6 Å². The van der Waals surface area contributed by atoms with Gasteiger partial charge in [-0.3, -0.25) is 4.79 Å². The molecule has 0 saturated heterocycles. The fraction of sp³-hybridized carbons (Fsp3) is 0.0500. The number of nitrogens with one attached hydrogen (secondary N) is 1. The summed E-state index contributed by atoms with van der Waals surface area (Å²) >= 11 is 5.92. The molecule has 0 unspecified atom stereocenters. The maximum absolute atomic E-state index is 12.2. The van der Waals surface area contributed by atoms with E-state index in [1.165, 1.54) is 6.26 Å². The second kappa shape index (κ2) is 7.98. The number of furan rings is 1. The van der Waals surface area contributed by atoms with Crippen molar-refractivity contribution in [3.05, 3.63) is 71.9 Å². The fourth-order valence-corrected chi connectivity index (χ4v) is 2.71. The van der Waals surface area contributed by atoms with Gasteiger partial charge in [0.2, 0.25) is 5.82 Å². The molecule has 0 fully saturated rings. The Morgan fingerprint density at radius 1 is 1.11 bits per heavy atom. The molecule has 4 aromatic rings. The van der Waals surface area contributed by atoms with Gasteiger partial charge in [-0.05, 0) is 42.5 Å². The normalized spacial score (nSPS) is 10.6. The Kier molecular flexibility index (Phi) is 5.07. The van der Waals surface area contributed by atoms with Gasteiger partial charge in [0.05, 0.1) is 11.8 Å². The second-order valence-corrected chi connectivity index (χ2v) is 6.18. The summed E-state index contributed by atoms with van der Waals surface area (Å²) in [6.45, 7) is -0.188. The Balaban J connectivity index is 1.47. The highest BCUT2D eigenvalue weighted by atomic mass is 35.5. The number of rotatable bonds is 6. The van der Waals surface area contributed by atoms with Crippen molar-refractivity contribution < 1.29 is 18.5 Å². The monoisotopic (exact) mass is 395 g/mol. The van der Waals surface area contributed by atoms with Crippen molar-refractivity contribution in [1.29, 1.82) is 0 Å². The molecule has 0 radical (unpaired) electrons. The fourth-order valence-electron chi connectivity index (χ4n) is 2.52. The first kappa shape index (κ1) is 17.8. The lowest BCUT2D eigenvalue weighted by Crippen LogP contribution is -2.20. The number of benzene rings is 2. The van der Waals surface area contributed by atoms with Gasteiger partial charge in [-0.25, -0.2) is 0 Å². The van der Waals surface area contributed by atoms with Crippen LogP contribution in [0.2, 0.25) is 5.02 Å². The number of amides is 1. The number of carbonyl (C=O) groups is 1. The number of carbonyl (C=O) groups excluding carboxylic acids is 1. The largest absolute Gasteiger partial charge is 0.483 e.